The fraction of sp³-hybridized carbons (Fsp3) is 0.500. The average Bonchev–Trinajstić information content (AvgIpc) is 2.29. The van der Waals surface area contributed by atoms with Crippen LogP contribution in [-0.2, 0) is 15.9 Å². The van der Waals surface area contributed by atoms with E-state index in [1.165, 1.54) is 10.4 Å². The first-order chi connectivity index (χ1) is 8.87. The fourth-order valence-electron chi connectivity index (χ4n) is 2.00. The van der Waals surface area contributed by atoms with Gasteiger partial charge in [-0.3, -0.25) is 0 Å². The largest absolute Gasteiger partial charge is 0.244 e. The number of sulfonamides is 1. The van der Waals surface area contributed by atoms with Crippen molar-refractivity contribution in [2.45, 2.75) is 36.1 Å². The molecule has 0 aliphatic heterocycles. The lowest BCUT2D eigenvalue weighted by Crippen LogP contribution is -2.41. The molecule has 0 heterocycles. The molecule has 0 bridgehead atoms. The molecule has 0 saturated heterocycles. The summed E-state index contributed by atoms with van der Waals surface area (Å²) < 4.78 is 26.5. The van der Waals surface area contributed by atoms with Gasteiger partial charge in [0.2, 0.25) is 10.0 Å². The topological polar surface area (TPSA) is 37.4 Å². The van der Waals surface area contributed by atoms with E-state index < -0.39 is 10.0 Å². The molecule has 2 rings (SSSR count). The van der Waals surface area contributed by atoms with Gasteiger partial charge in [0.1, 0.15) is 4.90 Å². The van der Waals surface area contributed by atoms with Gasteiger partial charge in [0.05, 0.1) is 5.02 Å². The third-order valence-electron chi connectivity index (χ3n) is 3.47. The molecule has 0 amide bonds. The first-order valence-electron chi connectivity index (χ1n) is 5.90. The van der Waals surface area contributed by atoms with Crippen molar-refractivity contribution in [2.24, 2.45) is 0 Å². The number of alkyl halides is 1. The Bertz CT molecular complexity index is 585. The summed E-state index contributed by atoms with van der Waals surface area (Å²) in [6.07, 6.45) is 2.83. The molecule has 0 radical (unpaired) electrons. The predicted octanol–water partition coefficient (Wildman–Crippen LogP) is 3.91. The zero-order valence-electron chi connectivity index (χ0n) is 10.4. The van der Waals surface area contributed by atoms with Crippen molar-refractivity contribution < 1.29 is 8.42 Å². The Morgan fingerprint density at radius 2 is 1.95 bits per heavy atom. The van der Waals surface area contributed by atoms with Crippen molar-refractivity contribution in [2.75, 3.05) is 7.05 Å². The Balaban J connectivity index is 2.47. The highest BCUT2D eigenvalue weighted by atomic mass is 35.5. The van der Waals surface area contributed by atoms with Gasteiger partial charge in [-0.15, -0.1) is 11.6 Å². The van der Waals surface area contributed by atoms with Gasteiger partial charge in [-0.1, -0.05) is 29.6 Å². The van der Waals surface area contributed by atoms with Crippen LogP contribution in [0.5, 0.6) is 0 Å². The number of halogens is 3. The summed E-state index contributed by atoms with van der Waals surface area (Å²) in [7, 11) is -2.05. The first-order valence-corrected chi connectivity index (χ1v) is 8.63. The van der Waals surface area contributed by atoms with E-state index in [4.69, 9.17) is 34.8 Å². The quantitative estimate of drug-likeness (QED) is 0.778. The fourth-order valence-corrected chi connectivity index (χ4v) is 4.61. The summed E-state index contributed by atoms with van der Waals surface area (Å²) in [5.74, 6) is 0.120. The summed E-state index contributed by atoms with van der Waals surface area (Å²) in [5.41, 5.74) is 0.524. The van der Waals surface area contributed by atoms with E-state index in [0.29, 0.717) is 10.6 Å². The van der Waals surface area contributed by atoms with Crippen LogP contribution in [0, 0.1) is 0 Å². The molecule has 1 aromatic rings. The van der Waals surface area contributed by atoms with E-state index in [1.807, 2.05) is 0 Å². The van der Waals surface area contributed by atoms with E-state index in [0.717, 1.165) is 19.3 Å². The van der Waals surface area contributed by atoms with Gasteiger partial charge >= 0.3 is 0 Å². The minimum absolute atomic E-state index is 0.0340. The molecule has 1 aromatic carbocycles. The van der Waals surface area contributed by atoms with E-state index >= 15 is 0 Å². The van der Waals surface area contributed by atoms with Crippen LogP contribution < -0.4 is 0 Å². The van der Waals surface area contributed by atoms with Gasteiger partial charge in [-0.25, -0.2) is 8.42 Å². The van der Waals surface area contributed by atoms with E-state index in [-0.39, 0.29) is 21.8 Å². The normalized spacial score (nSPS) is 16.7. The van der Waals surface area contributed by atoms with Gasteiger partial charge in [-0.05, 0) is 30.5 Å². The van der Waals surface area contributed by atoms with Crippen LogP contribution in [0.2, 0.25) is 10.0 Å². The minimum Gasteiger partial charge on any atom is -0.207 e. The van der Waals surface area contributed by atoms with Crippen LogP contribution >= 0.6 is 34.8 Å². The van der Waals surface area contributed by atoms with Crippen LogP contribution in [0.25, 0.3) is 0 Å². The number of rotatable bonds is 4. The molecule has 0 atom stereocenters. The second kappa shape index (κ2) is 5.78. The number of benzene rings is 1. The minimum atomic E-state index is -3.63. The summed E-state index contributed by atoms with van der Waals surface area (Å²) in [4.78, 5) is 0.0340. The highest BCUT2D eigenvalue weighted by molar-refractivity contribution is 7.89. The zero-order chi connectivity index (χ0) is 14.2. The Morgan fingerprint density at radius 1 is 1.32 bits per heavy atom. The molecule has 1 aliphatic carbocycles. The molecule has 0 aromatic heterocycles. The van der Waals surface area contributed by atoms with Crippen molar-refractivity contribution in [1.82, 2.24) is 4.31 Å². The van der Waals surface area contributed by atoms with E-state index in [2.05, 4.69) is 0 Å². The molecule has 19 heavy (non-hydrogen) atoms. The smallest absolute Gasteiger partial charge is 0.207 e. The van der Waals surface area contributed by atoms with Crippen LogP contribution in [0.4, 0.5) is 0 Å². The second-order valence-electron chi connectivity index (χ2n) is 4.62. The number of hydrogen-bond donors (Lipinski definition) is 0. The molecule has 0 N–H and O–H groups in total. The van der Waals surface area contributed by atoms with Crippen molar-refractivity contribution in [1.29, 1.82) is 0 Å². The second-order valence-corrected chi connectivity index (χ2v) is 7.66. The van der Waals surface area contributed by atoms with E-state index in [9.17, 15) is 8.42 Å². The van der Waals surface area contributed by atoms with Gasteiger partial charge in [-0.2, -0.15) is 4.31 Å². The van der Waals surface area contributed by atoms with Gasteiger partial charge < -0.3 is 0 Å². The summed E-state index contributed by atoms with van der Waals surface area (Å²) >= 11 is 17.8. The maximum Gasteiger partial charge on any atom is 0.244 e. The Morgan fingerprint density at radius 3 is 2.42 bits per heavy atom. The zero-order valence-corrected chi connectivity index (χ0v) is 13.5. The number of hydrogen-bond acceptors (Lipinski definition) is 2. The molecule has 0 spiro atoms. The van der Waals surface area contributed by atoms with Gasteiger partial charge in [0.25, 0.3) is 0 Å². The molecular formula is C12H14Cl3NO2S. The first kappa shape index (κ1) is 15.4. The third kappa shape index (κ3) is 2.88. The highest BCUT2D eigenvalue weighted by Crippen LogP contribution is 2.35. The Kier molecular flexibility index (Phi) is 4.68. The molecule has 1 aliphatic rings. The summed E-state index contributed by atoms with van der Waals surface area (Å²) in [6, 6.07) is 3.02. The maximum absolute atomic E-state index is 12.5. The standard InChI is InChI=1S/C12H14Cl3NO2S/c1-16(10-3-2-4-10)19(17,18)11-6-9(14)5-8(7-13)12(11)15/h5-6,10H,2-4,7H2,1H3. The molecule has 106 valence electrons. The van der Waals surface area contributed by atoms with Crippen LogP contribution in [0.1, 0.15) is 24.8 Å². The Hall–Kier alpha value is -0.000000000000000111. The molecule has 7 heteroatoms. The maximum atomic E-state index is 12.5. The van der Waals surface area contributed by atoms with Crippen LogP contribution in [0.15, 0.2) is 17.0 Å². The SMILES string of the molecule is CN(C1CCC1)S(=O)(=O)c1cc(Cl)cc(CCl)c1Cl. The van der Waals surface area contributed by atoms with Gasteiger partial charge in [0, 0.05) is 24.0 Å². The van der Waals surface area contributed by atoms with Gasteiger partial charge in [0.15, 0.2) is 0 Å². The van der Waals surface area contributed by atoms with Crippen molar-refractivity contribution in [3.05, 3.63) is 27.7 Å². The molecule has 1 saturated carbocycles. The predicted molar refractivity (Wildman–Crippen MR) is 78.6 cm³/mol. The van der Waals surface area contributed by atoms with Crippen LogP contribution in [0.3, 0.4) is 0 Å². The average molecular weight is 343 g/mol. The lowest BCUT2D eigenvalue weighted by Gasteiger charge is -2.34. The molecule has 0 unspecified atom stereocenters. The van der Waals surface area contributed by atoms with Crippen molar-refractivity contribution in [3.8, 4) is 0 Å². The lowest BCUT2D eigenvalue weighted by molar-refractivity contribution is 0.249. The van der Waals surface area contributed by atoms with E-state index in [1.54, 1.807) is 13.1 Å². The van der Waals surface area contributed by atoms with Crippen molar-refractivity contribution in [3.63, 3.8) is 0 Å². The van der Waals surface area contributed by atoms with Crippen LogP contribution in [-0.4, -0.2) is 25.8 Å². The molecule has 1 fully saturated rings. The Labute approximate surface area is 128 Å². The monoisotopic (exact) mass is 341 g/mol. The molecular weight excluding hydrogens is 329 g/mol. The molecule has 3 nitrogen and oxygen atoms in total. The lowest BCUT2D eigenvalue weighted by atomic mass is 9.94. The summed E-state index contributed by atoms with van der Waals surface area (Å²) in [5, 5.41) is 0.478. The summed E-state index contributed by atoms with van der Waals surface area (Å²) in [6.45, 7) is 0. The van der Waals surface area contributed by atoms with Crippen molar-refractivity contribution >= 4 is 44.8 Å². The third-order valence-corrected chi connectivity index (χ3v) is 6.47. The highest BCUT2D eigenvalue weighted by Gasteiger charge is 2.33. The number of nitrogens with zero attached hydrogens (tertiary/aromatic N) is 1.